The Morgan fingerprint density at radius 2 is 2.05 bits per heavy atom. The minimum absolute atomic E-state index is 0.0899. The molecule has 3 atom stereocenters. The summed E-state index contributed by atoms with van der Waals surface area (Å²) >= 11 is 0. The van der Waals surface area contributed by atoms with Crippen molar-refractivity contribution < 1.29 is 4.39 Å². The second-order valence-corrected chi connectivity index (χ2v) is 6.47. The lowest BCUT2D eigenvalue weighted by molar-refractivity contribution is 0.168. The van der Waals surface area contributed by atoms with Crippen molar-refractivity contribution in [2.75, 3.05) is 13.1 Å². The molecule has 1 fully saturated rings. The minimum atomic E-state index is -0.0899. The average molecular weight is 292 g/mol. The molecule has 21 heavy (non-hydrogen) atoms. The normalized spacial score (nSPS) is 26.1. The lowest BCUT2D eigenvalue weighted by atomic mass is 10.0. The summed E-state index contributed by atoms with van der Waals surface area (Å²) in [6.07, 6.45) is 3.49. The number of nitrogens with one attached hydrogen (secondary N) is 1. The minimum Gasteiger partial charge on any atom is -0.311 e. The van der Waals surface area contributed by atoms with Crippen molar-refractivity contribution in [2.24, 2.45) is 0 Å². The zero-order chi connectivity index (χ0) is 15.4. The van der Waals surface area contributed by atoms with Crippen LogP contribution in [-0.4, -0.2) is 30.1 Å². The molecule has 1 heterocycles. The summed E-state index contributed by atoms with van der Waals surface area (Å²) < 4.78 is 13.8. The number of halogens is 1. The second-order valence-electron chi connectivity index (χ2n) is 6.47. The third-order valence-corrected chi connectivity index (χ3v) is 4.85. The number of hydrogen-bond acceptors (Lipinski definition) is 2. The Morgan fingerprint density at radius 1 is 1.33 bits per heavy atom. The van der Waals surface area contributed by atoms with Gasteiger partial charge in [-0.25, -0.2) is 4.39 Å². The first-order valence-electron chi connectivity index (χ1n) is 8.27. The molecule has 3 heteroatoms. The first-order chi connectivity index (χ1) is 10.0. The number of aryl methyl sites for hydroxylation is 1. The predicted octanol–water partition coefficient (Wildman–Crippen LogP) is 4.05. The molecule has 1 aromatic rings. The largest absolute Gasteiger partial charge is 0.311 e. The molecule has 0 aromatic heterocycles. The van der Waals surface area contributed by atoms with Crippen LogP contribution in [0.1, 0.15) is 57.2 Å². The van der Waals surface area contributed by atoms with Gasteiger partial charge in [-0.05, 0) is 57.2 Å². The predicted molar refractivity (Wildman–Crippen MR) is 87.0 cm³/mol. The molecule has 2 rings (SSSR count). The van der Waals surface area contributed by atoms with Crippen molar-refractivity contribution in [2.45, 2.75) is 65.1 Å². The van der Waals surface area contributed by atoms with Gasteiger partial charge in [0.05, 0.1) is 0 Å². The van der Waals surface area contributed by atoms with Gasteiger partial charge in [-0.2, -0.15) is 0 Å². The summed E-state index contributed by atoms with van der Waals surface area (Å²) in [6.45, 7) is 10.7. The maximum absolute atomic E-state index is 13.8. The van der Waals surface area contributed by atoms with E-state index in [1.807, 2.05) is 13.0 Å². The maximum atomic E-state index is 13.8. The van der Waals surface area contributed by atoms with Crippen LogP contribution < -0.4 is 5.32 Å². The fourth-order valence-corrected chi connectivity index (χ4v) is 3.15. The van der Waals surface area contributed by atoms with Crippen LogP contribution in [0.15, 0.2) is 18.2 Å². The maximum Gasteiger partial charge on any atom is 0.126 e. The molecule has 1 N–H and O–H groups in total. The van der Waals surface area contributed by atoms with E-state index in [-0.39, 0.29) is 11.9 Å². The van der Waals surface area contributed by atoms with E-state index in [4.69, 9.17) is 0 Å². The fourth-order valence-electron chi connectivity index (χ4n) is 3.15. The van der Waals surface area contributed by atoms with Crippen molar-refractivity contribution in [1.29, 1.82) is 0 Å². The molecule has 0 radical (unpaired) electrons. The summed E-state index contributed by atoms with van der Waals surface area (Å²) in [5, 5.41) is 3.70. The van der Waals surface area contributed by atoms with E-state index in [0.29, 0.717) is 12.1 Å². The summed E-state index contributed by atoms with van der Waals surface area (Å²) in [6, 6.07) is 7.11. The van der Waals surface area contributed by atoms with E-state index >= 15 is 0 Å². The van der Waals surface area contributed by atoms with Gasteiger partial charge in [0, 0.05) is 31.2 Å². The highest BCUT2D eigenvalue weighted by molar-refractivity contribution is 5.25. The summed E-state index contributed by atoms with van der Waals surface area (Å²) in [7, 11) is 0. The molecule has 118 valence electrons. The van der Waals surface area contributed by atoms with Gasteiger partial charge in [-0.3, -0.25) is 4.90 Å². The molecule has 1 aliphatic heterocycles. The molecule has 0 saturated carbocycles. The zero-order valence-corrected chi connectivity index (χ0v) is 13.8. The number of hydrogen-bond donors (Lipinski definition) is 1. The standard InChI is InChI=1S/C18H29FN2/c1-5-17-9-11-21(10-8-14(3)20-17)15(4)16-7-6-13(2)18(19)12-16/h6-7,12,14-15,17,20H,5,8-11H2,1-4H3. The monoisotopic (exact) mass is 292 g/mol. The van der Waals surface area contributed by atoms with Gasteiger partial charge >= 0.3 is 0 Å². The van der Waals surface area contributed by atoms with Crippen LogP contribution in [0.3, 0.4) is 0 Å². The van der Waals surface area contributed by atoms with E-state index < -0.39 is 0 Å². The zero-order valence-electron chi connectivity index (χ0n) is 13.8. The molecule has 0 amide bonds. The number of rotatable bonds is 3. The Morgan fingerprint density at radius 3 is 2.71 bits per heavy atom. The van der Waals surface area contributed by atoms with Gasteiger partial charge < -0.3 is 5.32 Å². The molecule has 0 bridgehead atoms. The quantitative estimate of drug-likeness (QED) is 0.904. The Bertz CT molecular complexity index is 461. The van der Waals surface area contributed by atoms with Gasteiger partial charge in [-0.15, -0.1) is 0 Å². The highest BCUT2D eigenvalue weighted by Gasteiger charge is 2.22. The van der Waals surface area contributed by atoms with Crippen LogP contribution in [0.2, 0.25) is 0 Å². The Balaban J connectivity index is 2.09. The van der Waals surface area contributed by atoms with Crippen LogP contribution in [0, 0.1) is 12.7 Å². The third-order valence-electron chi connectivity index (χ3n) is 4.85. The van der Waals surface area contributed by atoms with E-state index in [2.05, 4.69) is 37.1 Å². The SMILES string of the molecule is CCC1CCN(C(C)c2ccc(C)c(F)c2)CCC(C)N1. The fraction of sp³-hybridized carbons (Fsp3) is 0.667. The molecule has 0 spiro atoms. The van der Waals surface area contributed by atoms with Crippen LogP contribution in [-0.2, 0) is 0 Å². The molecule has 3 unspecified atom stereocenters. The van der Waals surface area contributed by atoms with Gasteiger partial charge in [0.25, 0.3) is 0 Å². The lowest BCUT2D eigenvalue weighted by Crippen LogP contribution is -2.44. The van der Waals surface area contributed by atoms with E-state index in [1.54, 1.807) is 6.07 Å². The number of nitrogens with zero attached hydrogens (tertiary/aromatic N) is 1. The van der Waals surface area contributed by atoms with Crippen molar-refractivity contribution in [3.63, 3.8) is 0 Å². The van der Waals surface area contributed by atoms with Gasteiger partial charge in [0.2, 0.25) is 0 Å². The molecular weight excluding hydrogens is 263 g/mol. The molecule has 1 aliphatic rings. The van der Waals surface area contributed by atoms with Crippen LogP contribution in [0.4, 0.5) is 4.39 Å². The van der Waals surface area contributed by atoms with Gasteiger partial charge in [0.1, 0.15) is 5.82 Å². The third kappa shape index (κ3) is 4.27. The average Bonchev–Trinajstić information content (AvgIpc) is 2.45. The number of benzene rings is 1. The summed E-state index contributed by atoms with van der Waals surface area (Å²) in [5.74, 6) is -0.0899. The Hall–Kier alpha value is -0.930. The van der Waals surface area contributed by atoms with Crippen LogP contribution in [0.25, 0.3) is 0 Å². The van der Waals surface area contributed by atoms with E-state index in [9.17, 15) is 4.39 Å². The lowest BCUT2D eigenvalue weighted by Gasteiger charge is -2.35. The van der Waals surface area contributed by atoms with Crippen molar-refractivity contribution >= 4 is 0 Å². The molecule has 1 saturated heterocycles. The summed E-state index contributed by atoms with van der Waals surface area (Å²) in [5.41, 5.74) is 1.81. The molecule has 2 nitrogen and oxygen atoms in total. The smallest absolute Gasteiger partial charge is 0.126 e. The molecule has 1 aromatic carbocycles. The first-order valence-corrected chi connectivity index (χ1v) is 8.27. The summed E-state index contributed by atoms with van der Waals surface area (Å²) in [4.78, 5) is 2.50. The van der Waals surface area contributed by atoms with Crippen molar-refractivity contribution in [3.05, 3.63) is 35.1 Å². The molecular formula is C18H29FN2. The highest BCUT2D eigenvalue weighted by Crippen LogP contribution is 2.24. The Labute approximate surface area is 128 Å². The van der Waals surface area contributed by atoms with E-state index in [1.165, 1.54) is 12.8 Å². The van der Waals surface area contributed by atoms with Crippen molar-refractivity contribution in [3.8, 4) is 0 Å². The Kier molecular flexibility index (Phi) is 5.77. The van der Waals surface area contributed by atoms with Crippen LogP contribution in [0.5, 0.6) is 0 Å². The van der Waals surface area contributed by atoms with E-state index in [0.717, 1.165) is 30.6 Å². The van der Waals surface area contributed by atoms with Gasteiger partial charge in [0.15, 0.2) is 0 Å². The first kappa shape index (κ1) is 16.4. The van der Waals surface area contributed by atoms with Crippen molar-refractivity contribution in [1.82, 2.24) is 10.2 Å². The highest BCUT2D eigenvalue weighted by atomic mass is 19.1. The molecule has 0 aliphatic carbocycles. The second kappa shape index (κ2) is 7.37. The van der Waals surface area contributed by atoms with Gasteiger partial charge in [-0.1, -0.05) is 19.1 Å². The van der Waals surface area contributed by atoms with Crippen LogP contribution >= 0.6 is 0 Å². The topological polar surface area (TPSA) is 15.3 Å².